The van der Waals surface area contributed by atoms with E-state index in [4.69, 9.17) is 19.3 Å². The zero-order valence-corrected chi connectivity index (χ0v) is 10.1. The molecule has 0 aliphatic carbocycles. The lowest BCUT2D eigenvalue weighted by atomic mass is 10.2. The molecule has 0 saturated carbocycles. The van der Waals surface area contributed by atoms with Gasteiger partial charge >= 0.3 is 5.97 Å². The number of ether oxygens (including phenoxy) is 3. The van der Waals surface area contributed by atoms with Crippen molar-refractivity contribution in [1.82, 2.24) is 0 Å². The molecule has 3 rings (SSSR count). The molecule has 0 bridgehead atoms. The number of halogens is 1. The maximum Gasteiger partial charge on any atom is 0.335 e. The highest BCUT2D eigenvalue weighted by Crippen LogP contribution is 2.37. The lowest BCUT2D eigenvalue weighted by Gasteiger charge is -2.08. The second-order valence-electron chi connectivity index (χ2n) is 4.07. The fourth-order valence-corrected chi connectivity index (χ4v) is 1.78. The summed E-state index contributed by atoms with van der Waals surface area (Å²) in [5.74, 6) is -0.518. The minimum atomic E-state index is -1.20. The standard InChI is InChI=1S/C14H9FO5/c15-10-5-8(14(16)17)1-3-11(10)20-9-2-4-12-13(6-9)19-7-18-12/h1-6H,7H2,(H,16,17). The van der Waals surface area contributed by atoms with Crippen molar-refractivity contribution in [2.45, 2.75) is 0 Å². The van der Waals surface area contributed by atoms with Crippen molar-refractivity contribution in [2.24, 2.45) is 0 Å². The SMILES string of the molecule is O=C(O)c1ccc(Oc2ccc3c(c2)OCO3)c(F)c1. The number of carboxylic acid groups (broad SMARTS) is 1. The Hall–Kier alpha value is -2.76. The average molecular weight is 276 g/mol. The van der Waals surface area contributed by atoms with Crippen LogP contribution in [0.4, 0.5) is 4.39 Å². The Labute approximate surface area is 113 Å². The zero-order valence-electron chi connectivity index (χ0n) is 10.1. The summed E-state index contributed by atoms with van der Waals surface area (Å²) in [6.45, 7) is 0.139. The lowest BCUT2D eigenvalue weighted by Crippen LogP contribution is -1.98. The average Bonchev–Trinajstić information content (AvgIpc) is 2.88. The first-order valence-corrected chi connectivity index (χ1v) is 5.74. The van der Waals surface area contributed by atoms with E-state index in [2.05, 4.69) is 0 Å². The van der Waals surface area contributed by atoms with Crippen LogP contribution < -0.4 is 14.2 Å². The molecule has 1 aliphatic rings. The van der Waals surface area contributed by atoms with Crippen molar-refractivity contribution in [3.05, 3.63) is 47.8 Å². The third kappa shape index (κ3) is 2.23. The van der Waals surface area contributed by atoms with Crippen LogP contribution in [0, 0.1) is 5.82 Å². The number of benzene rings is 2. The quantitative estimate of drug-likeness (QED) is 0.933. The minimum Gasteiger partial charge on any atom is -0.478 e. The summed E-state index contributed by atoms with van der Waals surface area (Å²) in [5, 5.41) is 8.76. The number of fused-ring (bicyclic) bond motifs is 1. The molecule has 102 valence electrons. The van der Waals surface area contributed by atoms with Gasteiger partial charge in [0.05, 0.1) is 5.56 Å². The summed E-state index contributed by atoms with van der Waals surface area (Å²) in [4.78, 5) is 10.7. The molecule has 0 unspecified atom stereocenters. The smallest absolute Gasteiger partial charge is 0.335 e. The van der Waals surface area contributed by atoms with Gasteiger partial charge in [0.25, 0.3) is 0 Å². The van der Waals surface area contributed by atoms with E-state index < -0.39 is 11.8 Å². The predicted octanol–water partition coefficient (Wildman–Crippen LogP) is 3.04. The third-order valence-electron chi connectivity index (χ3n) is 2.75. The number of hydrogen-bond acceptors (Lipinski definition) is 4. The molecule has 0 radical (unpaired) electrons. The number of carboxylic acids is 1. The van der Waals surface area contributed by atoms with Gasteiger partial charge in [-0.25, -0.2) is 9.18 Å². The number of aromatic carboxylic acids is 1. The zero-order chi connectivity index (χ0) is 14.1. The molecule has 0 amide bonds. The first-order chi connectivity index (χ1) is 9.63. The fraction of sp³-hybridized carbons (Fsp3) is 0.0714. The van der Waals surface area contributed by atoms with Crippen LogP contribution in [-0.2, 0) is 0 Å². The molecule has 0 atom stereocenters. The molecule has 0 saturated heterocycles. The molecule has 0 fully saturated rings. The number of rotatable bonds is 3. The summed E-state index contributed by atoms with van der Waals surface area (Å²) in [6.07, 6.45) is 0. The highest BCUT2D eigenvalue weighted by molar-refractivity contribution is 5.87. The first-order valence-electron chi connectivity index (χ1n) is 5.74. The van der Waals surface area contributed by atoms with Crippen molar-refractivity contribution < 1.29 is 28.5 Å². The van der Waals surface area contributed by atoms with Crippen LogP contribution in [0.2, 0.25) is 0 Å². The van der Waals surface area contributed by atoms with Gasteiger partial charge in [-0.3, -0.25) is 0 Å². The van der Waals surface area contributed by atoms with Crippen molar-refractivity contribution in [3.63, 3.8) is 0 Å². The highest BCUT2D eigenvalue weighted by atomic mass is 19.1. The number of hydrogen-bond donors (Lipinski definition) is 1. The molecule has 20 heavy (non-hydrogen) atoms. The Morgan fingerprint density at radius 1 is 1.15 bits per heavy atom. The molecule has 0 spiro atoms. The first kappa shape index (κ1) is 12.3. The van der Waals surface area contributed by atoms with Crippen LogP contribution in [0.25, 0.3) is 0 Å². The summed E-state index contributed by atoms with van der Waals surface area (Å²) < 4.78 is 29.4. The Balaban J connectivity index is 1.86. The summed E-state index contributed by atoms with van der Waals surface area (Å²) in [5.41, 5.74) is -0.138. The normalized spacial score (nSPS) is 12.2. The molecule has 2 aromatic carbocycles. The van der Waals surface area contributed by atoms with Gasteiger partial charge in [0.1, 0.15) is 5.75 Å². The molecule has 6 heteroatoms. The van der Waals surface area contributed by atoms with E-state index in [1.807, 2.05) is 0 Å². The second-order valence-corrected chi connectivity index (χ2v) is 4.07. The molecule has 1 aliphatic heterocycles. The maximum absolute atomic E-state index is 13.7. The van der Waals surface area contributed by atoms with E-state index >= 15 is 0 Å². The minimum absolute atomic E-state index is 0.0612. The van der Waals surface area contributed by atoms with Crippen LogP contribution in [0.5, 0.6) is 23.0 Å². The summed E-state index contributed by atoms with van der Waals surface area (Å²) in [6, 6.07) is 8.29. The predicted molar refractivity (Wildman–Crippen MR) is 66.0 cm³/mol. The molecule has 0 aromatic heterocycles. The third-order valence-corrected chi connectivity index (χ3v) is 2.75. The van der Waals surface area contributed by atoms with Gasteiger partial charge < -0.3 is 19.3 Å². The van der Waals surface area contributed by atoms with Crippen LogP contribution in [0.15, 0.2) is 36.4 Å². The maximum atomic E-state index is 13.7. The molecule has 2 aromatic rings. The monoisotopic (exact) mass is 276 g/mol. The van der Waals surface area contributed by atoms with Gasteiger partial charge in [0, 0.05) is 6.07 Å². The Bertz CT molecular complexity index is 683. The van der Waals surface area contributed by atoms with Crippen LogP contribution >= 0.6 is 0 Å². The van der Waals surface area contributed by atoms with E-state index in [9.17, 15) is 9.18 Å². The van der Waals surface area contributed by atoms with Crippen LogP contribution in [-0.4, -0.2) is 17.9 Å². The molecule has 1 N–H and O–H groups in total. The Morgan fingerprint density at radius 3 is 2.70 bits per heavy atom. The van der Waals surface area contributed by atoms with Crippen molar-refractivity contribution in [1.29, 1.82) is 0 Å². The van der Waals surface area contributed by atoms with Gasteiger partial charge in [-0.15, -0.1) is 0 Å². The highest BCUT2D eigenvalue weighted by Gasteiger charge is 2.15. The lowest BCUT2D eigenvalue weighted by molar-refractivity contribution is 0.0696. The summed E-state index contributed by atoms with van der Waals surface area (Å²) >= 11 is 0. The van der Waals surface area contributed by atoms with E-state index in [1.54, 1.807) is 18.2 Å². The van der Waals surface area contributed by atoms with Gasteiger partial charge in [-0.05, 0) is 30.3 Å². The second kappa shape index (κ2) is 4.73. The van der Waals surface area contributed by atoms with E-state index in [1.165, 1.54) is 12.1 Å². The van der Waals surface area contributed by atoms with Gasteiger partial charge in [0.2, 0.25) is 6.79 Å². The van der Waals surface area contributed by atoms with E-state index in [0.717, 1.165) is 6.07 Å². The molecular weight excluding hydrogens is 267 g/mol. The van der Waals surface area contributed by atoms with Crippen LogP contribution in [0.3, 0.4) is 0 Å². The van der Waals surface area contributed by atoms with Gasteiger partial charge in [0.15, 0.2) is 23.1 Å². The largest absolute Gasteiger partial charge is 0.478 e. The van der Waals surface area contributed by atoms with E-state index in [0.29, 0.717) is 17.2 Å². The fourth-order valence-electron chi connectivity index (χ4n) is 1.78. The Morgan fingerprint density at radius 2 is 1.95 bits per heavy atom. The van der Waals surface area contributed by atoms with Crippen molar-refractivity contribution in [2.75, 3.05) is 6.79 Å². The molecule has 1 heterocycles. The number of carbonyl (C=O) groups is 1. The van der Waals surface area contributed by atoms with Crippen molar-refractivity contribution in [3.8, 4) is 23.0 Å². The van der Waals surface area contributed by atoms with Gasteiger partial charge in [-0.2, -0.15) is 0 Å². The molecule has 5 nitrogen and oxygen atoms in total. The topological polar surface area (TPSA) is 65.0 Å². The van der Waals surface area contributed by atoms with Crippen molar-refractivity contribution >= 4 is 5.97 Å². The van der Waals surface area contributed by atoms with Gasteiger partial charge in [-0.1, -0.05) is 0 Å². The van der Waals surface area contributed by atoms with E-state index in [-0.39, 0.29) is 18.1 Å². The Kier molecular flexibility index (Phi) is 2.90. The summed E-state index contributed by atoms with van der Waals surface area (Å²) in [7, 11) is 0. The molecular formula is C14H9FO5. The van der Waals surface area contributed by atoms with Crippen LogP contribution in [0.1, 0.15) is 10.4 Å².